The molecule has 0 saturated heterocycles. The van der Waals surface area contributed by atoms with Crippen LogP contribution in [0.5, 0.6) is 0 Å². The van der Waals surface area contributed by atoms with Crippen LogP contribution in [0.3, 0.4) is 0 Å². The molecule has 0 aromatic heterocycles. The van der Waals surface area contributed by atoms with E-state index >= 15 is 0 Å². The Kier molecular flexibility index (Phi) is 6.08. The van der Waals surface area contributed by atoms with Gasteiger partial charge in [0, 0.05) is 7.11 Å². The van der Waals surface area contributed by atoms with Crippen molar-refractivity contribution >= 4 is 0 Å². The lowest BCUT2D eigenvalue weighted by atomic mass is 10.1. The van der Waals surface area contributed by atoms with Crippen LogP contribution in [-0.4, -0.2) is 26.9 Å². The van der Waals surface area contributed by atoms with Gasteiger partial charge in [0.05, 0.1) is 25.9 Å². The normalized spacial score (nSPS) is 12.7. The molecule has 16 heavy (non-hydrogen) atoms. The van der Waals surface area contributed by atoms with Crippen molar-refractivity contribution in [3.8, 4) is 0 Å². The van der Waals surface area contributed by atoms with E-state index in [0.717, 1.165) is 12.0 Å². The maximum Gasteiger partial charge on any atom is 0.0701 e. The highest BCUT2D eigenvalue weighted by Crippen LogP contribution is 2.12. The van der Waals surface area contributed by atoms with Crippen molar-refractivity contribution in [1.29, 1.82) is 0 Å². The molecule has 1 aromatic rings. The number of hydrogen-bond acceptors (Lipinski definition) is 3. The highest BCUT2D eigenvalue weighted by Gasteiger charge is 2.05. The standard InChI is InChI=1S/C13H21NO2/c1-3-11-4-6-12(7-5-11)13(14)10-16-9-8-15-2/h4-7,13H,3,8-10,14H2,1-2H3. The first-order valence-electron chi connectivity index (χ1n) is 5.69. The highest BCUT2D eigenvalue weighted by atomic mass is 16.5. The quantitative estimate of drug-likeness (QED) is 0.718. The van der Waals surface area contributed by atoms with E-state index in [0.29, 0.717) is 19.8 Å². The highest BCUT2D eigenvalue weighted by molar-refractivity contribution is 5.24. The van der Waals surface area contributed by atoms with Gasteiger partial charge in [0.25, 0.3) is 0 Å². The van der Waals surface area contributed by atoms with Crippen molar-refractivity contribution in [1.82, 2.24) is 0 Å². The Hall–Kier alpha value is -0.900. The van der Waals surface area contributed by atoms with Crippen LogP contribution < -0.4 is 5.73 Å². The van der Waals surface area contributed by atoms with Crippen LogP contribution in [0.15, 0.2) is 24.3 Å². The minimum absolute atomic E-state index is 0.0530. The second-order valence-electron chi connectivity index (χ2n) is 3.77. The average Bonchev–Trinajstić information content (AvgIpc) is 2.34. The summed E-state index contributed by atoms with van der Waals surface area (Å²) in [5, 5.41) is 0. The van der Waals surface area contributed by atoms with Gasteiger partial charge in [-0.25, -0.2) is 0 Å². The molecule has 0 aliphatic carbocycles. The summed E-state index contributed by atoms with van der Waals surface area (Å²) in [4.78, 5) is 0. The van der Waals surface area contributed by atoms with Gasteiger partial charge in [0.2, 0.25) is 0 Å². The Balaban J connectivity index is 2.37. The van der Waals surface area contributed by atoms with Crippen molar-refractivity contribution in [3.05, 3.63) is 35.4 Å². The van der Waals surface area contributed by atoms with E-state index < -0.39 is 0 Å². The Morgan fingerprint density at radius 1 is 1.19 bits per heavy atom. The van der Waals surface area contributed by atoms with Crippen molar-refractivity contribution in [3.63, 3.8) is 0 Å². The number of methoxy groups -OCH3 is 1. The second kappa shape index (κ2) is 7.39. The summed E-state index contributed by atoms with van der Waals surface area (Å²) in [7, 11) is 1.66. The van der Waals surface area contributed by atoms with E-state index in [-0.39, 0.29) is 6.04 Å². The van der Waals surface area contributed by atoms with Crippen LogP contribution in [0, 0.1) is 0 Å². The fraction of sp³-hybridized carbons (Fsp3) is 0.538. The molecule has 0 radical (unpaired) electrons. The number of ether oxygens (including phenoxy) is 2. The summed E-state index contributed by atoms with van der Waals surface area (Å²) in [6.07, 6.45) is 1.06. The fourth-order valence-electron chi connectivity index (χ4n) is 1.45. The third-order valence-electron chi connectivity index (χ3n) is 2.55. The van der Waals surface area contributed by atoms with Crippen molar-refractivity contribution in [2.24, 2.45) is 5.73 Å². The monoisotopic (exact) mass is 223 g/mol. The van der Waals surface area contributed by atoms with Gasteiger partial charge in [-0.2, -0.15) is 0 Å². The molecule has 0 bridgehead atoms. The Morgan fingerprint density at radius 3 is 2.44 bits per heavy atom. The minimum atomic E-state index is -0.0530. The lowest BCUT2D eigenvalue weighted by Gasteiger charge is -2.12. The van der Waals surface area contributed by atoms with Crippen LogP contribution in [0.4, 0.5) is 0 Å². The topological polar surface area (TPSA) is 44.5 Å². The Labute approximate surface area is 97.6 Å². The van der Waals surface area contributed by atoms with E-state index in [1.165, 1.54) is 5.56 Å². The van der Waals surface area contributed by atoms with E-state index in [1.807, 2.05) is 0 Å². The lowest BCUT2D eigenvalue weighted by molar-refractivity contribution is 0.0636. The van der Waals surface area contributed by atoms with Gasteiger partial charge in [0.1, 0.15) is 0 Å². The molecule has 0 aliphatic rings. The molecule has 1 aromatic carbocycles. The molecule has 0 saturated carbocycles. The molecule has 1 rings (SSSR count). The molecular weight excluding hydrogens is 202 g/mol. The van der Waals surface area contributed by atoms with Gasteiger partial charge < -0.3 is 15.2 Å². The summed E-state index contributed by atoms with van der Waals surface area (Å²) in [5.41, 5.74) is 8.45. The molecule has 0 heterocycles. The molecule has 0 aliphatic heterocycles. The maximum absolute atomic E-state index is 6.00. The Morgan fingerprint density at radius 2 is 1.88 bits per heavy atom. The molecule has 0 amide bonds. The van der Waals surface area contributed by atoms with Crippen LogP contribution in [0.1, 0.15) is 24.1 Å². The van der Waals surface area contributed by atoms with E-state index in [9.17, 15) is 0 Å². The molecule has 90 valence electrons. The molecule has 3 heteroatoms. The summed E-state index contributed by atoms with van der Waals surface area (Å²) >= 11 is 0. The number of rotatable bonds is 7. The Bertz CT molecular complexity index is 284. The molecule has 1 atom stereocenters. The van der Waals surface area contributed by atoms with Crippen molar-refractivity contribution in [2.45, 2.75) is 19.4 Å². The number of hydrogen-bond donors (Lipinski definition) is 1. The van der Waals surface area contributed by atoms with E-state index in [2.05, 4.69) is 31.2 Å². The van der Waals surface area contributed by atoms with Crippen LogP contribution in [-0.2, 0) is 15.9 Å². The van der Waals surface area contributed by atoms with Crippen LogP contribution in [0.2, 0.25) is 0 Å². The predicted molar refractivity (Wildman–Crippen MR) is 65.4 cm³/mol. The zero-order valence-electron chi connectivity index (χ0n) is 10.1. The largest absolute Gasteiger partial charge is 0.382 e. The predicted octanol–water partition coefficient (Wildman–Crippen LogP) is 1.91. The fourth-order valence-corrected chi connectivity index (χ4v) is 1.45. The zero-order valence-corrected chi connectivity index (χ0v) is 10.1. The zero-order chi connectivity index (χ0) is 11.8. The van der Waals surface area contributed by atoms with Gasteiger partial charge in [-0.05, 0) is 17.5 Å². The van der Waals surface area contributed by atoms with Crippen LogP contribution in [0.25, 0.3) is 0 Å². The van der Waals surface area contributed by atoms with Gasteiger partial charge in [-0.3, -0.25) is 0 Å². The maximum atomic E-state index is 6.00. The SMILES string of the molecule is CCc1ccc(C(N)COCCOC)cc1. The van der Waals surface area contributed by atoms with Gasteiger partial charge in [-0.15, -0.1) is 0 Å². The summed E-state index contributed by atoms with van der Waals surface area (Å²) in [5.74, 6) is 0. The second-order valence-corrected chi connectivity index (χ2v) is 3.77. The molecule has 0 fully saturated rings. The van der Waals surface area contributed by atoms with Gasteiger partial charge >= 0.3 is 0 Å². The molecular formula is C13H21NO2. The third kappa shape index (κ3) is 4.31. The van der Waals surface area contributed by atoms with Crippen molar-refractivity contribution in [2.75, 3.05) is 26.9 Å². The smallest absolute Gasteiger partial charge is 0.0701 e. The number of aryl methyl sites for hydroxylation is 1. The average molecular weight is 223 g/mol. The molecule has 3 nitrogen and oxygen atoms in total. The van der Waals surface area contributed by atoms with Gasteiger partial charge in [-0.1, -0.05) is 31.2 Å². The molecule has 2 N–H and O–H groups in total. The number of benzene rings is 1. The first-order valence-corrected chi connectivity index (χ1v) is 5.69. The lowest BCUT2D eigenvalue weighted by Crippen LogP contribution is -2.18. The first kappa shape index (κ1) is 13.2. The summed E-state index contributed by atoms with van der Waals surface area (Å²) in [6.45, 7) is 3.89. The molecule has 0 spiro atoms. The molecule has 1 unspecified atom stereocenters. The summed E-state index contributed by atoms with van der Waals surface area (Å²) in [6, 6.07) is 8.32. The third-order valence-corrected chi connectivity index (χ3v) is 2.55. The minimum Gasteiger partial charge on any atom is -0.382 e. The van der Waals surface area contributed by atoms with Crippen LogP contribution >= 0.6 is 0 Å². The van der Waals surface area contributed by atoms with Crippen molar-refractivity contribution < 1.29 is 9.47 Å². The van der Waals surface area contributed by atoms with E-state index in [4.69, 9.17) is 15.2 Å². The number of nitrogens with two attached hydrogens (primary N) is 1. The summed E-state index contributed by atoms with van der Waals surface area (Å²) < 4.78 is 10.3. The first-order chi connectivity index (χ1) is 7.77. The van der Waals surface area contributed by atoms with Gasteiger partial charge in [0.15, 0.2) is 0 Å². The van der Waals surface area contributed by atoms with E-state index in [1.54, 1.807) is 7.11 Å².